The Morgan fingerprint density at radius 3 is 2.53 bits per heavy atom. The number of likely N-dealkylation sites (N-methyl/N-ethyl adjacent to an activating group) is 1. The lowest BCUT2D eigenvalue weighted by Gasteiger charge is -2.23. The topological polar surface area (TPSA) is 49.4 Å². The molecule has 1 aromatic rings. The van der Waals surface area contributed by atoms with Gasteiger partial charge in [0.25, 0.3) is 0 Å². The molecule has 4 nitrogen and oxygen atoms in total. The molecule has 1 heterocycles. The zero-order valence-corrected chi connectivity index (χ0v) is 12.9. The maximum absolute atomic E-state index is 12.5. The van der Waals surface area contributed by atoms with Crippen molar-refractivity contribution in [3.8, 4) is 0 Å². The largest absolute Gasteiger partial charge is 0.318 e. The first kappa shape index (κ1) is 16.4. The van der Waals surface area contributed by atoms with Gasteiger partial charge in [-0.3, -0.25) is 0 Å². The molecule has 0 amide bonds. The van der Waals surface area contributed by atoms with E-state index in [1.807, 2.05) is 26.1 Å². The molecule has 1 unspecified atom stereocenters. The Morgan fingerprint density at radius 1 is 1.32 bits per heavy atom. The van der Waals surface area contributed by atoms with Crippen LogP contribution >= 0.6 is 12.4 Å². The van der Waals surface area contributed by atoms with Crippen molar-refractivity contribution in [1.29, 1.82) is 0 Å². The summed E-state index contributed by atoms with van der Waals surface area (Å²) in [6, 6.07) is 7.16. The zero-order chi connectivity index (χ0) is 13.2. The molecule has 0 radical (unpaired) electrons. The fraction of sp³-hybridized carbons (Fsp3) is 0.538. The summed E-state index contributed by atoms with van der Waals surface area (Å²) in [4.78, 5) is 0.399. The molecule has 2 rings (SSSR count). The Morgan fingerprint density at radius 2 is 1.95 bits per heavy atom. The minimum absolute atomic E-state index is 0. The second-order valence-corrected chi connectivity index (χ2v) is 6.67. The van der Waals surface area contributed by atoms with Crippen LogP contribution in [-0.4, -0.2) is 38.9 Å². The second kappa shape index (κ2) is 6.70. The molecular weight excluding hydrogens is 284 g/mol. The summed E-state index contributed by atoms with van der Waals surface area (Å²) < 4.78 is 26.7. The molecule has 19 heavy (non-hydrogen) atoms. The third-order valence-corrected chi connectivity index (χ3v) is 5.36. The number of nitrogens with zero attached hydrogens (tertiary/aromatic N) is 1. The SMILES string of the molecule is CNCC1CCCN1S(=O)(=O)c1ccc(C)cc1.Cl. The molecule has 108 valence electrons. The van der Waals surface area contributed by atoms with Crippen molar-refractivity contribution in [1.82, 2.24) is 9.62 Å². The summed E-state index contributed by atoms with van der Waals surface area (Å²) in [6.45, 7) is 3.30. The van der Waals surface area contributed by atoms with Gasteiger partial charge in [-0.15, -0.1) is 12.4 Å². The molecule has 0 bridgehead atoms. The van der Waals surface area contributed by atoms with Crippen LogP contribution in [0.2, 0.25) is 0 Å². The second-order valence-electron chi connectivity index (χ2n) is 4.78. The lowest BCUT2D eigenvalue weighted by atomic mass is 10.2. The smallest absolute Gasteiger partial charge is 0.243 e. The fourth-order valence-electron chi connectivity index (χ4n) is 2.41. The van der Waals surface area contributed by atoms with Crippen LogP contribution in [0.3, 0.4) is 0 Å². The van der Waals surface area contributed by atoms with Crippen LogP contribution in [0, 0.1) is 6.92 Å². The Bertz CT molecular complexity index is 502. The number of hydrogen-bond donors (Lipinski definition) is 1. The summed E-state index contributed by atoms with van der Waals surface area (Å²) in [5.41, 5.74) is 1.07. The molecule has 0 aliphatic carbocycles. The van der Waals surface area contributed by atoms with Crippen LogP contribution in [0.15, 0.2) is 29.2 Å². The number of aryl methyl sites for hydroxylation is 1. The van der Waals surface area contributed by atoms with Crippen molar-refractivity contribution in [2.75, 3.05) is 20.1 Å². The van der Waals surface area contributed by atoms with Crippen LogP contribution in [0.4, 0.5) is 0 Å². The van der Waals surface area contributed by atoms with Gasteiger partial charge in [-0.2, -0.15) is 4.31 Å². The lowest BCUT2D eigenvalue weighted by Crippen LogP contribution is -2.40. The van der Waals surface area contributed by atoms with Gasteiger partial charge < -0.3 is 5.32 Å². The van der Waals surface area contributed by atoms with E-state index in [0.29, 0.717) is 18.0 Å². The molecular formula is C13H21ClN2O2S. The van der Waals surface area contributed by atoms with Gasteiger partial charge in [-0.05, 0) is 38.9 Å². The first-order chi connectivity index (χ1) is 8.55. The maximum atomic E-state index is 12.5. The minimum atomic E-state index is -3.33. The molecule has 1 aromatic carbocycles. The average Bonchev–Trinajstić information content (AvgIpc) is 2.79. The van der Waals surface area contributed by atoms with E-state index in [-0.39, 0.29) is 18.4 Å². The molecule has 0 aromatic heterocycles. The molecule has 0 saturated carbocycles. The first-order valence-electron chi connectivity index (χ1n) is 6.29. The highest BCUT2D eigenvalue weighted by Crippen LogP contribution is 2.25. The summed E-state index contributed by atoms with van der Waals surface area (Å²) in [6.07, 6.45) is 1.88. The molecule has 1 N–H and O–H groups in total. The quantitative estimate of drug-likeness (QED) is 0.922. The molecule has 1 atom stereocenters. The van der Waals surface area contributed by atoms with Gasteiger partial charge in [0.1, 0.15) is 0 Å². The molecule has 1 aliphatic rings. The normalized spacial score (nSPS) is 20.2. The van der Waals surface area contributed by atoms with Crippen LogP contribution < -0.4 is 5.32 Å². The van der Waals surface area contributed by atoms with Crippen molar-refractivity contribution in [3.63, 3.8) is 0 Å². The number of sulfonamides is 1. The van der Waals surface area contributed by atoms with Crippen molar-refractivity contribution in [2.24, 2.45) is 0 Å². The van der Waals surface area contributed by atoms with Crippen molar-refractivity contribution in [2.45, 2.75) is 30.7 Å². The van der Waals surface area contributed by atoms with E-state index in [1.54, 1.807) is 16.4 Å². The number of benzene rings is 1. The van der Waals surface area contributed by atoms with Crippen molar-refractivity contribution >= 4 is 22.4 Å². The molecule has 1 fully saturated rings. The monoisotopic (exact) mass is 304 g/mol. The van der Waals surface area contributed by atoms with Gasteiger partial charge in [0.15, 0.2) is 0 Å². The molecule has 1 aliphatic heterocycles. The highest BCUT2D eigenvalue weighted by molar-refractivity contribution is 7.89. The highest BCUT2D eigenvalue weighted by atomic mass is 35.5. The Balaban J connectivity index is 0.00000180. The van der Waals surface area contributed by atoms with Crippen molar-refractivity contribution < 1.29 is 8.42 Å². The van der Waals surface area contributed by atoms with Crippen molar-refractivity contribution in [3.05, 3.63) is 29.8 Å². The van der Waals surface area contributed by atoms with Gasteiger partial charge in [-0.25, -0.2) is 8.42 Å². The van der Waals surface area contributed by atoms with Gasteiger partial charge in [0.05, 0.1) is 4.90 Å². The van der Waals surface area contributed by atoms with Gasteiger partial charge in [-0.1, -0.05) is 17.7 Å². The number of hydrogen-bond acceptors (Lipinski definition) is 3. The highest BCUT2D eigenvalue weighted by Gasteiger charge is 2.34. The summed E-state index contributed by atoms with van der Waals surface area (Å²) in [5, 5.41) is 3.07. The third-order valence-electron chi connectivity index (χ3n) is 3.39. The predicted octanol–water partition coefficient (Wildman–Crippen LogP) is 1.79. The average molecular weight is 305 g/mol. The molecule has 6 heteroatoms. The molecule has 1 saturated heterocycles. The zero-order valence-electron chi connectivity index (χ0n) is 11.3. The van der Waals surface area contributed by atoms with E-state index in [9.17, 15) is 8.42 Å². The number of nitrogens with one attached hydrogen (secondary N) is 1. The van der Waals surface area contributed by atoms with Gasteiger partial charge in [0.2, 0.25) is 10.0 Å². The van der Waals surface area contributed by atoms with E-state index in [0.717, 1.165) is 18.4 Å². The minimum Gasteiger partial charge on any atom is -0.318 e. The fourth-order valence-corrected chi connectivity index (χ4v) is 4.10. The van der Waals surface area contributed by atoms with E-state index in [2.05, 4.69) is 5.32 Å². The van der Waals surface area contributed by atoms with E-state index in [1.165, 1.54) is 0 Å². The Kier molecular flexibility index (Phi) is 5.80. The molecule has 0 spiro atoms. The Labute approximate surface area is 121 Å². The van der Waals surface area contributed by atoms with E-state index in [4.69, 9.17) is 0 Å². The van der Waals surface area contributed by atoms with Gasteiger partial charge >= 0.3 is 0 Å². The number of rotatable bonds is 4. The summed E-state index contributed by atoms with van der Waals surface area (Å²) >= 11 is 0. The Hall–Kier alpha value is -0.620. The van der Waals surface area contributed by atoms with Crippen LogP contribution in [-0.2, 0) is 10.0 Å². The van der Waals surface area contributed by atoms with Crippen LogP contribution in [0.25, 0.3) is 0 Å². The van der Waals surface area contributed by atoms with E-state index >= 15 is 0 Å². The maximum Gasteiger partial charge on any atom is 0.243 e. The lowest BCUT2D eigenvalue weighted by molar-refractivity contribution is 0.379. The van der Waals surface area contributed by atoms with Crippen LogP contribution in [0.1, 0.15) is 18.4 Å². The van der Waals surface area contributed by atoms with Crippen LogP contribution in [0.5, 0.6) is 0 Å². The summed E-state index contributed by atoms with van der Waals surface area (Å²) in [5.74, 6) is 0. The predicted molar refractivity (Wildman–Crippen MR) is 79.3 cm³/mol. The van der Waals surface area contributed by atoms with Gasteiger partial charge in [0, 0.05) is 19.1 Å². The van der Waals surface area contributed by atoms with E-state index < -0.39 is 10.0 Å². The summed E-state index contributed by atoms with van der Waals surface area (Å²) in [7, 11) is -1.48. The third kappa shape index (κ3) is 3.48. The first-order valence-corrected chi connectivity index (χ1v) is 7.73. The standard InChI is InChI=1S/C13H20N2O2S.ClH/c1-11-5-7-13(8-6-11)18(16,17)15-9-3-4-12(15)10-14-2;/h5-8,12,14H,3-4,9-10H2,1-2H3;1H. The number of halogens is 1.